The first kappa shape index (κ1) is 15.7. The molecule has 116 valence electrons. The number of piperazine rings is 1. The molecule has 0 aliphatic carbocycles. The van der Waals surface area contributed by atoms with Crippen molar-refractivity contribution in [3.63, 3.8) is 0 Å². The predicted octanol–water partition coefficient (Wildman–Crippen LogP) is 1.86. The molecule has 1 heterocycles. The van der Waals surface area contributed by atoms with E-state index in [2.05, 4.69) is 15.1 Å². The third kappa shape index (κ3) is 4.37. The minimum absolute atomic E-state index is 0.0554. The number of nitrogens with one attached hydrogen (secondary N) is 1. The highest BCUT2D eigenvalue weighted by Gasteiger charge is 2.19. The predicted molar refractivity (Wildman–Crippen MR) is 77.4 cm³/mol. The summed E-state index contributed by atoms with van der Waals surface area (Å²) in [5, 5.41) is 2.32. The topological polar surface area (TPSA) is 61.6 Å². The average Bonchev–Trinajstić information content (AvgIpc) is 2.42. The molecule has 0 aromatic heterocycles. The van der Waals surface area contributed by atoms with Gasteiger partial charge in [-0.05, 0) is 24.7 Å². The van der Waals surface area contributed by atoms with Gasteiger partial charge in [0, 0.05) is 44.0 Å². The lowest BCUT2D eigenvalue weighted by Crippen LogP contribution is -2.44. The molecule has 2 amide bonds. The van der Waals surface area contributed by atoms with Crippen molar-refractivity contribution in [1.29, 1.82) is 0 Å². The number of benzene rings is 1. The fourth-order valence-corrected chi connectivity index (χ4v) is 2.41. The van der Waals surface area contributed by atoms with E-state index in [1.165, 1.54) is 6.07 Å². The van der Waals surface area contributed by atoms with Crippen molar-refractivity contribution in [2.75, 3.05) is 38.5 Å². The van der Waals surface area contributed by atoms with Crippen LogP contribution in [0.4, 0.5) is 19.3 Å². The molecule has 0 radical (unpaired) electrons. The van der Waals surface area contributed by atoms with E-state index >= 15 is 0 Å². The Hall–Kier alpha value is -1.73. The van der Waals surface area contributed by atoms with Gasteiger partial charge >= 0.3 is 6.03 Å². The number of carbonyl (C=O) groups excluding carboxylic acids is 1. The third-order valence-corrected chi connectivity index (χ3v) is 3.64. The maximum atomic E-state index is 13.2. The van der Waals surface area contributed by atoms with E-state index in [1.54, 1.807) is 12.1 Å². The van der Waals surface area contributed by atoms with E-state index < -0.39 is 12.5 Å². The molecule has 0 saturated carbocycles. The van der Waals surface area contributed by atoms with E-state index in [1.807, 2.05) is 7.05 Å². The molecule has 0 bridgehead atoms. The molecule has 0 unspecified atom stereocenters. The lowest BCUT2D eigenvalue weighted by molar-refractivity contribution is 0.136. The van der Waals surface area contributed by atoms with Crippen molar-refractivity contribution in [2.24, 2.45) is 5.73 Å². The van der Waals surface area contributed by atoms with Crippen molar-refractivity contribution in [2.45, 2.75) is 13.0 Å². The second-order valence-electron chi connectivity index (χ2n) is 5.28. The maximum absolute atomic E-state index is 13.2. The van der Waals surface area contributed by atoms with Gasteiger partial charge in [0.15, 0.2) is 0 Å². The molecule has 3 N–H and O–H groups in total. The van der Waals surface area contributed by atoms with E-state index in [0.29, 0.717) is 17.8 Å². The SMILES string of the molecule is CN1CCN(Cc2ccc(NC(N)=O)cc2C(F)F)CC1. The van der Waals surface area contributed by atoms with Crippen molar-refractivity contribution < 1.29 is 13.6 Å². The van der Waals surface area contributed by atoms with Crippen LogP contribution >= 0.6 is 0 Å². The third-order valence-electron chi connectivity index (χ3n) is 3.64. The van der Waals surface area contributed by atoms with Crippen LogP contribution in [0.2, 0.25) is 0 Å². The first-order chi connectivity index (χ1) is 9.95. The van der Waals surface area contributed by atoms with Gasteiger partial charge in [0.05, 0.1) is 0 Å². The monoisotopic (exact) mass is 298 g/mol. The summed E-state index contributed by atoms with van der Waals surface area (Å²) in [5.41, 5.74) is 5.82. The highest BCUT2D eigenvalue weighted by Crippen LogP contribution is 2.27. The number of nitrogens with two attached hydrogens (primary N) is 1. The van der Waals surface area contributed by atoms with Crippen molar-refractivity contribution >= 4 is 11.7 Å². The first-order valence-corrected chi connectivity index (χ1v) is 6.84. The summed E-state index contributed by atoms with van der Waals surface area (Å²) in [7, 11) is 2.05. The molecule has 5 nitrogen and oxygen atoms in total. The molecular weight excluding hydrogens is 278 g/mol. The molecule has 1 aromatic rings. The Morgan fingerprint density at radius 3 is 2.57 bits per heavy atom. The Balaban J connectivity index is 2.12. The summed E-state index contributed by atoms with van der Waals surface area (Å²) < 4.78 is 26.4. The molecule has 7 heteroatoms. The summed E-state index contributed by atoms with van der Waals surface area (Å²) in [6, 6.07) is 3.76. The number of hydrogen-bond donors (Lipinski definition) is 2. The van der Waals surface area contributed by atoms with Crippen LogP contribution in [-0.4, -0.2) is 49.1 Å². The highest BCUT2D eigenvalue weighted by molar-refractivity contribution is 5.87. The second-order valence-corrected chi connectivity index (χ2v) is 5.28. The largest absolute Gasteiger partial charge is 0.351 e. The van der Waals surface area contributed by atoms with Crippen LogP contribution in [-0.2, 0) is 6.54 Å². The van der Waals surface area contributed by atoms with E-state index in [9.17, 15) is 13.6 Å². The smallest absolute Gasteiger partial charge is 0.316 e. The highest BCUT2D eigenvalue weighted by atomic mass is 19.3. The minimum atomic E-state index is -2.58. The number of urea groups is 1. The van der Waals surface area contributed by atoms with Crippen molar-refractivity contribution in [3.8, 4) is 0 Å². The molecule has 0 atom stereocenters. The number of halogens is 2. The zero-order valence-electron chi connectivity index (χ0n) is 12.0. The summed E-state index contributed by atoms with van der Waals surface area (Å²) in [6.07, 6.45) is -2.58. The van der Waals surface area contributed by atoms with Crippen LogP contribution < -0.4 is 11.1 Å². The van der Waals surface area contributed by atoms with E-state index in [-0.39, 0.29) is 5.56 Å². The van der Waals surface area contributed by atoms with Crippen LogP contribution in [0.15, 0.2) is 18.2 Å². The average molecular weight is 298 g/mol. The Morgan fingerprint density at radius 2 is 2.00 bits per heavy atom. The standard InChI is InChI=1S/C14H20F2N4O/c1-19-4-6-20(7-5-19)9-10-2-3-11(18-14(17)21)8-12(10)13(15)16/h2-3,8,13H,4-7,9H2,1H3,(H3,17,18,21). The lowest BCUT2D eigenvalue weighted by Gasteiger charge is -2.32. The van der Waals surface area contributed by atoms with Gasteiger partial charge in [0.25, 0.3) is 6.43 Å². The number of rotatable bonds is 4. The molecular formula is C14H20F2N4O. The zero-order valence-corrected chi connectivity index (χ0v) is 12.0. The Kier molecular flexibility index (Phi) is 5.08. The van der Waals surface area contributed by atoms with Crippen molar-refractivity contribution in [3.05, 3.63) is 29.3 Å². The summed E-state index contributed by atoms with van der Waals surface area (Å²) in [4.78, 5) is 15.2. The molecule has 1 aliphatic rings. The van der Waals surface area contributed by atoms with Gasteiger partial charge in [-0.1, -0.05) is 6.07 Å². The van der Waals surface area contributed by atoms with Crippen LogP contribution in [0.25, 0.3) is 0 Å². The Labute approximate surface area is 122 Å². The van der Waals surface area contributed by atoms with Crippen LogP contribution in [0.1, 0.15) is 17.6 Å². The molecule has 1 saturated heterocycles. The molecule has 0 spiro atoms. The van der Waals surface area contributed by atoms with E-state index in [0.717, 1.165) is 26.2 Å². The number of primary amides is 1. The Morgan fingerprint density at radius 1 is 1.33 bits per heavy atom. The van der Waals surface area contributed by atoms with Crippen LogP contribution in [0, 0.1) is 0 Å². The zero-order chi connectivity index (χ0) is 15.4. The molecule has 1 fully saturated rings. The van der Waals surface area contributed by atoms with Gasteiger partial charge in [-0.15, -0.1) is 0 Å². The fourth-order valence-electron chi connectivity index (χ4n) is 2.41. The van der Waals surface area contributed by atoms with Gasteiger partial charge in [-0.25, -0.2) is 13.6 Å². The number of amides is 2. The summed E-state index contributed by atoms with van der Waals surface area (Å²) in [6.45, 7) is 4.09. The van der Waals surface area contributed by atoms with Crippen molar-refractivity contribution in [1.82, 2.24) is 9.80 Å². The molecule has 1 aromatic carbocycles. The number of alkyl halides is 2. The molecule has 2 rings (SSSR count). The molecule has 21 heavy (non-hydrogen) atoms. The number of likely N-dealkylation sites (N-methyl/N-ethyl adjacent to an activating group) is 1. The van der Waals surface area contributed by atoms with Gasteiger partial charge < -0.3 is 16.0 Å². The number of nitrogens with zero attached hydrogens (tertiary/aromatic N) is 2. The number of anilines is 1. The number of hydrogen-bond acceptors (Lipinski definition) is 3. The normalized spacial score (nSPS) is 17.1. The first-order valence-electron chi connectivity index (χ1n) is 6.84. The van der Waals surface area contributed by atoms with Gasteiger partial charge in [0.2, 0.25) is 0 Å². The number of carbonyl (C=O) groups is 1. The van der Waals surface area contributed by atoms with Gasteiger partial charge in [-0.2, -0.15) is 0 Å². The summed E-state index contributed by atoms with van der Waals surface area (Å²) >= 11 is 0. The minimum Gasteiger partial charge on any atom is -0.351 e. The molecule has 1 aliphatic heterocycles. The second kappa shape index (κ2) is 6.82. The van der Waals surface area contributed by atoms with Crippen LogP contribution in [0.5, 0.6) is 0 Å². The van der Waals surface area contributed by atoms with Gasteiger partial charge in [-0.3, -0.25) is 4.90 Å². The quantitative estimate of drug-likeness (QED) is 0.892. The van der Waals surface area contributed by atoms with Gasteiger partial charge in [0.1, 0.15) is 0 Å². The lowest BCUT2D eigenvalue weighted by atomic mass is 10.1. The van der Waals surface area contributed by atoms with E-state index in [4.69, 9.17) is 5.73 Å². The van der Waals surface area contributed by atoms with Crippen LogP contribution in [0.3, 0.4) is 0 Å². The summed E-state index contributed by atoms with van der Waals surface area (Å²) in [5.74, 6) is 0. The Bertz CT molecular complexity index is 502. The maximum Gasteiger partial charge on any atom is 0.316 e. The fraction of sp³-hybridized carbons (Fsp3) is 0.500.